The molecule has 0 radical (unpaired) electrons. The molecule has 0 fully saturated rings. The molecule has 1 aromatic carbocycles. The lowest BCUT2D eigenvalue weighted by Gasteiger charge is -2.09. The van der Waals surface area contributed by atoms with E-state index < -0.39 is 5.51 Å². The molecule has 94 valence electrons. The third-order valence-electron chi connectivity index (χ3n) is 1.80. The molecule has 0 amide bonds. The first-order chi connectivity index (χ1) is 7.83. The van der Waals surface area contributed by atoms with Gasteiger partial charge in [-0.1, -0.05) is 6.07 Å². The summed E-state index contributed by atoms with van der Waals surface area (Å²) in [5.74, 6) is -0.118. The molecular weight excluding hydrogens is 341 g/mol. The number of carbonyl (C=O) groups excluding carboxylic acids is 1. The van der Waals surface area contributed by atoms with Crippen LogP contribution in [-0.4, -0.2) is 17.2 Å². The highest BCUT2D eigenvalue weighted by atomic mass is 79.9. The largest absolute Gasteiger partial charge is 0.446 e. The van der Waals surface area contributed by atoms with Gasteiger partial charge in [0.25, 0.3) is 0 Å². The molecule has 17 heavy (non-hydrogen) atoms. The van der Waals surface area contributed by atoms with Gasteiger partial charge in [0, 0.05) is 27.2 Å². The van der Waals surface area contributed by atoms with E-state index in [2.05, 4.69) is 15.9 Å². The van der Waals surface area contributed by atoms with Crippen LogP contribution in [0, 0.1) is 0 Å². The molecule has 0 aromatic heterocycles. The molecule has 0 saturated carbocycles. The fourth-order valence-corrected chi connectivity index (χ4v) is 2.37. The summed E-state index contributed by atoms with van der Waals surface area (Å²) in [4.78, 5) is 11.5. The third kappa shape index (κ3) is 4.89. The number of rotatable bonds is 4. The van der Waals surface area contributed by atoms with E-state index in [9.17, 15) is 18.0 Å². The fraction of sp³-hybridized carbons (Fsp3) is 0.300. The highest BCUT2D eigenvalue weighted by Gasteiger charge is 2.30. The minimum atomic E-state index is -4.38. The average molecular weight is 348 g/mol. The predicted octanol–water partition coefficient (Wildman–Crippen LogP) is 4.87. The lowest BCUT2D eigenvalue weighted by molar-refractivity contribution is -0.0328. The summed E-state index contributed by atoms with van der Waals surface area (Å²) >= 11 is 8.17. The van der Waals surface area contributed by atoms with E-state index >= 15 is 0 Å². The van der Waals surface area contributed by atoms with Crippen LogP contribution in [0.1, 0.15) is 16.8 Å². The van der Waals surface area contributed by atoms with Gasteiger partial charge < -0.3 is 0 Å². The van der Waals surface area contributed by atoms with Crippen molar-refractivity contribution in [1.82, 2.24) is 0 Å². The van der Waals surface area contributed by atoms with Crippen LogP contribution < -0.4 is 0 Å². The third-order valence-corrected chi connectivity index (χ3v) is 3.73. The maximum atomic E-state index is 12.2. The zero-order valence-corrected chi connectivity index (χ0v) is 11.5. The van der Waals surface area contributed by atoms with Gasteiger partial charge in [-0.2, -0.15) is 13.2 Å². The molecule has 0 bridgehead atoms. The quantitative estimate of drug-likeness (QED) is 0.439. The van der Waals surface area contributed by atoms with E-state index in [0.717, 1.165) is 0 Å². The molecule has 0 aliphatic heterocycles. The second kappa shape index (κ2) is 6.11. The summed E-state index contributed by atoms with van der Waals surface area (Å²) in [5.41, 5.74) is -4.14. The van der Waals surface area contributed by atoms with Crippen molar-refractivity contribution >= 4 is 45.1 Å². The smallest absolute Gasteiger partial charge is 0.294 e. The molecule has 0 saturated heterocycles. The maximum absolute atomic E-state index is 12.2. The summed E-state index contributed by atoms with van der Waals surface area (Å²) in [6.45, 7) is 0. The highest BCUT2D eigenvalue weighted by molar-refractivity contribution is 9.10. The van der Waals surface area contributed by atoms with Crippen LogP contribution >= 0.6 is 39.3 Å². The van der Waals surface area contributed by atoms with Gasteiger partial charge in [0.05, 0.1) is 0 Å². The van der Waals surface area contributed by atoms with Gasteiger partial charge in [0.1, 0.15) is 0 Å². The second-order valence-corrected chi connectivity index (χ2v) is 5.39. The summed E-state index contributed by atoms with van der Waals surface area (Å²) in [7, 11) is 0. The topological polar surface area (TPSA) is 17.1 Å². The Hall–Kier alpha value is -0.200. The van der Waals surface area contributed by atoms with Crippen molar-refractivity contribution in [3.05, 3.63) is 28.2 Å². The first-order valence-corrected chi connectivity index (χ1v) is 6.62. The Morgan fingerprint density at radius 3 is 2.59 bits per heavy atom. The zero-order valence-electron chi connectivity index (χ0n) is 8.35. The monoisotopic (exact) mass is 346 g/mol. The van der Waals surface area contributed by atoms with Crippen molar-refractivity contribution < 1.29 is 18.0 Å². The Labute approximate surface area is 114 Å². The molecule has 0 spiro atoms. The first-order valence-electron chi connectivity index (χ1n) is 4.48. The molecule has 1 aromatic rings. The van der Waals surface area contributed by atoms with Crippen LogP contribution in [-0.2, 0) is 0 Å². The van der Waals surface area contributed by atoms with E-state index in [1.165, 1.54) is 18.2 Å². The van der Waals surface area contributed by atoms with Gasteiger partial charge in [-0.3, -0.25) is 4.79 Å². The molecule has 1 nitrogen and oxygen atoms in total. The molecule has 7 heteroatoms. The number of carbonyl (C=O) groups is 1. The summed E-state index contributed by atoms with van der Waals surface area (Å²) < 4.78 is 37.0. The van der Waals surface area contributed by atoms with E-state index in [1.54, 1.807) is 0 Å². The number of halogens is 5. The molecule has 0 N–H and O–H groups in total. The van der Waals surface area contributed by atoms with Crippen LogP contribution in [0.2, 0.25) is 0 Å². The summed E-state index contributed by atoms with van der Waals surface area (Å²) in [5, 5.41) is 0. The number of thioether (sulfide) groups is 1. The Bertz CT molecular complexity index is 423. The van der Waals surface area contributed by atoms with Crippen LogP contribution in [0.3, 0.4) is 0 Å². The summed E-state index contributed by atoms with van der Waals surface area (Å²) in [6, 6.07) is 4.12. The molecule has 0 unspecified atom stereocenters. The minimum absolute atomic E-state index is 0.0297. The number of benzene rings is 1. The van der Waals surface area contributed by atoms with Crippen molar-refractivity contribution in [3.8, 4) is 0 Å². The standard InChI is InChI=1S/C10H7BrClF3OS/c11-7-2-1-6(8(16)3-4-12)5-9(7)17-10(13,14)15/h1-2,5H,3-4H2. The summed E-state index contributed by atoms with van der Waals surface area (Å²) in [6.07, 6.45) is 0.110. The van der Waals surface area contributed by atoms with Gasteiger partial charge in [-0.05, 0) is 39.8 Å². The van der Waals surface area contributed by atoms with Gasteiger partial charge in [0.15, 0.2) is 5.78 Å². The SMILES string of the molecule is O=C(CCCl)c1ccc(Br)c(SC(F)(F)F)c1. The lowest BCUT2D eigenvalue weighted by atomic mass is 10.1. The fourth-order valence-electron chi connectivity index (χ4n) is 1.11. The lowest BCUT2D eigenvalue weighted by Crippen LogP contribution is -2.03. The Morgan fingerprint density at radius 1 is 1.41 bits per heavy atom. The average Bonchev–Trinajstić information content (AvgIpc) is 2.19. The van der Waals surface area contributed by atoms with Gasteiger partial charge in [-0.25, -0.2) is 0 Å². The number of alkyl halides is 4. The number of hydrogen-bond acceptors (Lipinski definition) is 2. The van der Waals surface area contributed by atoms with Crippen LogP contribution in [0.5, 0.6) is 0 Å². The van der Waals surface area contributed by atoms with Crippen LogP contribution in [0.25, 0.3) is 0 Å². The molecule has 0 aliphatic carbocycles. The van der Waals surface area contributed by atoms with Crippen molar-refractivity contribution in [2.45, 2.75) is 16.8 Å². The van der Waals surface area contributed by atoms with Crippen molar-refractivity contribution in [1.29, 1.82) is 0 Å². The van der Waals surface area contributed by atoms with E-state index in [1.807, 2.05) is 0 Å². The highest BCUT2D eigenvalue weighted by Crippen LogP contribution is 2.40. The van der Waals surface area contributed by atoms with Crippen LogP contribution in [0.4, 0.5) is 13.2 Å². The Balaban J connectivity index is 2.98. The second-order valence-electron chi connectivity index (χ2n) is 3.06. The van der Waals surface area contributed by atoms with Crippen molar-refractivity contribution in [2.24, 2.45) is 0 Å². The van der Waals surface area contributed by atoms with E-state index in [4.69, 9.17) is 11.6 Å². The molecule has 1 rings (SSSR count). The van der Waals surface area contributed by atoms with Gasteiger partial charge >= 0.3 is 5.51 Å². The molecule has 0 aliphatic rings. The minimum Gasteiger partial charge on any atom is -0.294 e. The Morgan fingerprint density at radius 2 is 2.06 bits per heavy atom. The predicted molar refractivity (Wildman–Crippen MR) is 65.7 cm³/mol. The molecule has 0 heterocycles. The Kier molecular flexibility index (Phi) is 5.34. The maximum Gasteiger partial charge on any atom is 0.446 e. The van der Waals surface area contributed by atoms with E-state index in [-0.39, 0.29) is 40.3 Å². The van der Waals surface area contributed by atoms with Crippen LogP contribution in [0.15, 0.2) is 27.6 Å². The molecule has 0 atom stereocenters. The van der Waals surface area contributed by atoms with E-state index in [0.29, 0.717) is 4.47 Å². The number of hydrogen-bond donors (Lipinski definition) is 0. The number of Topliss-reactive ketones (excluding diaryl/α,β-unsaturated/α-hetero) is 1. The van der Waals surface area contributed by atoms with Gasteiger partial charge in [0.2, 0.25) is 0 Å². The van der Waals surface area contributed by atoms with Crippen molar-refractivity contribution in [3.63, 3.8) is 0 Å². The molecular formula is C10H7BrClF3OS. The normalized spacial score (nSPS) is 11.6. The zero-order chi connectivity index (χ0) is 13.1. The van der Waals surface area contributed by atoms with Gasteiger partial charge in [-0.15, -0.1) is 11.6 Å². The van der Waals surface area contributed by atoms with Crippen molar-refractivity contribution in [2.75, 3.05) is 5.88 Å². The number of ketones is 1. The first kappa shape index (κ1) is 14.9.